The number of fused-ring (bicyclic) bond motifs is 1. The molecule has 4 rings (SSSR count). The van der Waals surface area contributed by atoms with Crippen LogP contribution in [0.25, 0.3) is 22.0 Å². The van der Waals surface area contributed by atoms with Crippen molar-refractivity contribution in [2.24, 2.45) is 0 Å². The topological polar surface area (TPSA) is 39.6 Å². The third-order valence-corrected chi connectivity index (χ3v) is 5.27. The quantitative estimate of drug-likeness (QED) is 0.784. The van der Waals surface area contributed by atoms with Crippen LogP contribution in [0.1, 0.15) is 12.5 Å². The molecule has 2 aromatic carbocycles. The Bertz CT molecular complexity index is 884. The fraction of sp³-hybridized carbons (Fsp3) is 0.318. The highest BCUT2D eigenvalue weighted by molar-refractivity contribution is 5.95. The summed E-state index contributed by atoms with van der Waals surface area (Å²) in [4.78, 5) is 9.95. The molecule has 26 heavy (non-hydrogen) atoms. The van der Waals surface area contributed by atoms with Gasteiger partial charge in [-0.05, 0) is 23.6 Å². The number of pyridine rings is 1. The second kappa shape index (κ2) is 7.44. The minimum absolute atomic E-state index is 0.0678. The first kappa shape index (κ1) is 17.0. The Labute approximate surface area is 154 Å². The Morgan fingerprint density at radius 1 is 0.962 bits per heavy atom. The molecule has 0 unspecified atom stereocenters. The number of aromatic nitrogens is 1. The van der Waals surface area contributed by atoms with Crippen LogP contribution in [-0.2, 0) is 6.61 Å². The van der Waals surface area contributed by atoms with Gasteiger partial charge >= 0.3 is 0 Å². The number of benzene rings is 2. The molecule has 0 spiro atoms. The molecule has 1 fully saturated rings. The number of likely N-dealkylation sites (N-methyl/N-ethyl adjacent to an activating group) is 1. The molecule has 0 saturated carbocycles. The van der Waals surface area contributed by atoms with Gasteiger partial charge in [0.15, 0.2) is 0 Å². The van der Waals surface area contributed by atoms with Crippen molar-refractivity contribution in [1.29, 1.82) is 0 Å². The standard InChI is InChI=1S/C22H25N3O/c1-2-24-11-13-25(14-12-24)22-20-6-4-3-5-19(20)15-21(23-22)18-9-7-17(16-26)8-10-18/h3-10,15,26H,2,11-14,16H2,1H3. The van der Waals surface area contributed by atoms with Crippen LogP contribution in [0.2, 0.25) is 0 Å². The molecular formula is C22H25N3O. The van der Waals surface area contributed by atoms with Crippen molar-refractivity contribution < 1.29 is 5.11 Å². The van der Waals surface area contributed by atoms with E-state index < -0.39 is 0 Å². The molecule has 0 aliphatic carbocycles. The van der Waals surface area contributed by atoms with E-state index in [0.29, 0.717) is 0 Å². The van der Waals surface area contributed by atoms with E-state index in [9.17, 15) is 5.11 Å². The summed E-state index contributed by atoms with van der Waals surface area (Å²) in [5.74, 6) is 1.08. The molecule has 1 aromatic heterocycles. The lowest BCUT2D eigenvalue weighted by Gasteiger charge is -2.35. The molecule has 0 radical (unpaired) electrons. The Balaban J connectivity index is 1.75. The number of hydrogen-bond acceptors (Lipinski definition) is 4. The second-order valence-corrected chi connectivity index (χ2v) is 6.83. The van der Waals surface area contributed by atoms with Gasteiger partial charge in [-0.2, -0.15) is 0 Å². The van der Waals surface area contributed by atoms with Crippen LogP contribution in [0.5, 0.6) is 0 Å². The van der Waals surface area contributed by atoms with Crippen LogP contribution in [0.4, 0.5) is 5.82 Å². The van der Waals surface area contributed by atoms with Gasteiger partial charge in [0, 0.05) is 37.1 Å². The zero-order valence-electron chi connectivity index (χ0n) is 15.2. The zero-order chi connectivity index (χ0) is 17.9. The second-order valence-electron chi connectivity index (χ2n) is 6.83. The highest BCUT2D eigenvalue weighted by Crippen LogP contribution is 2.30. The number of nitrogens with zero attached hydrogens (tertiary/aromatic N) is 3. The molecule has 134 valence electrons. The number of aliphatic hydroxyl groups is 1. The van der Waals surface area contributed by atoms with E-state index in [1.54, 1.807) is 0 Å². The molecule has 1 aliphatic rings. The van der Waals surface area contributed by atoms with Gasteiger partial charge in [0.1, 0.15) is 5.82 Å². The molecular weight excluding hydrogens is 322 g/mol. The maximum atomic E-state index is 9.27. The average molecular weight is 347 g/mol. The number of piperazine rings is 1. The SMILES string of the molecule is CCN1CCN(c2nc(-c3ccc(CO)cc3)cc3ccccc23)CC1. The average Bonchev–Trinajstić information content (AvgIpc) is 2.73. The van der Waals surface area contributed by atoms with Crippen LogP contribution >= 0.6 is 0 Å². The number of rotatable bonds is 4. The lowest BCUT2D eigenvalue weighted by atomic mass is 10.0. The molecule has 3 aromatic rings. The van der Waals surface area contributed by atoms with Gasteiger partial charge < -0.3 is 14.9 Å². The highest BCUT2D eigenvalue weighted by Gasteiger charge is 2.19. The summed E-state index contributed by atoms with van der Waals surface area (Å²) in [5, 5.41) is 11.7. The van der Waals surface area contributed by atoms with E-state index in [1.807, 2.05) is 24.3 Å². The Kier molecular flexibility index (Phi) is 4.87. The summed E-state index contributed by atoms with van der Waals surface area (Å²) in [7, 11) is 0. The molecule has 0 atom stereocenters. The minimum Gasteiger partial charge on any atom is -0.392 e. The Hall–Kier alpha value is -2.43. The Morgan fingerprint density at radius 2 is 1.69 bits per heavy atom. The first-order chi connectivity index (χ1) is 12.8. The maximum Gasteiger partial charge on any atom is 0.137 e. The summed E-state index contributed by atoms with van der Waals surface area (Å²) in [6.07, 6.45) is 0. The lowest BCUT2D eigenvalue weighted by Crippen LogP contribution is -2.46. The van der Waals surface area contributed by atoms with Crippen molar-refractivity contribution in [3.63, 3.8) is 0 Å². The number of aliphatic hydroxyl groups excluding tert-OH is 1. The summed E-state index contributed by atoms with van der Waals surface area (Å²) >= 11 is 0. The number of anilines is 1. The normalized spacial score (nSPS) is 15.5. The van der Waals surface area contributed by atoms with Gasteiger partial charge in [0.25, 0.3) is 0 Å². The van der Waals surface area contributed by atoms with Crippen molar-refractivity contribution in [1.82, 2.24) is 9.88 Å². The van der Waals surface area contributed by atoms with Gasteiger partial charge in [0.05, 0.1) is 12.3 Å². The third-order valence-electron chi connectivity index (χ3n) is 5.27. The molecule has 2 heterocycles. The van der Waals surface area contributed by atoms with Crippen LogP contribution < -0.4 is 4.90 Å². The van der Waals surface area contributed by atoms with Gasteiger partial charge in [-0.15, -0.1) is 0 Å². The van der Waals surface area contributed by atoms with Gasteiger partial charge in [-0.3, -0.25) is 0 Å². The van der Waals surface area contributed by atoms with Crippen molar-refractivity contribution >= 4 is 16.6 Å². The first-order valence-electron chi connectivity index (χ1n) is 9.35. The van der Waals surface area contributed by atoms with E-state index in [-0.39, 0.29) is 6.61 Å². The summed E-state index contributed by atoms with van der Waals surface area (Å²) in [6.45, 7) is 7.59. The van der Waals surface area contributed by atoms with E-state index >= 15 is 0 Å². The molecule has 0 bridgehead atoms. The van der Waals surface area contributed by atoms with Gasteiger partial charge in [-0.25, -0.2) is 4.98 Å². The largest absolute Gasteiger partial charge is 0.392 e. The number of hydrogen-bond donors (Lipinski definition) is 1. The lowest BCUT2D eigenvalue weighted by molar-refractivity contribution is 0.271. The van der Waals surface area contributed by atoms with E-state index in [0.717, 1.165) is 55.4 Å². The van der Waals surface area contributed by atoms with Crippen LogP contribution in [0, 0.1) is 0 Å². The molecule has 1 N–H and O–H groups in total. The summed E-state index contributed by atoms with van der Waals surface area (Å²) in [6, 6.07) is 18.7. The maximum absolute atomic E-state index is 9.27. The van der Waals surface area contributed by atoms with Crippen molar-refractivity contribution in [2.75, 3.05) is 37.6 Å². The monoisotopic (exact) mass is 347 g/mol. The molecule has 1 aliphatic heterocycles. The van der Waals surface area contributed by atoms with Crippen molar-refractivity contribution in [3.8, 4) is 11.3 Å². The van der Waals surface area contributed by atoms with E-state index in [2.05, 4.69) is 47.1 Å². The smallest absolute Gasteiger partial charge is 0.137 e. The summed E-state index contributed by atoms with van der Waals surface area (Å²) in [5.41, 5.74) is 2.99. The van der Waals surface area contributed by atoms with Crippen molar-refractivity contribution in [2.45, 2.75) is 13.5 Å². The molecule has 0 amide bonds. The third kappa shape index (κ3) is 3.30. The van der Waals surface area contributed by atoms with Gasteiger partial charge in [0.2, 0.25) is 0 Å². The van der Waals surface area contributed by atoms with Crippen molar-refractivity contribution in [3.05, 3.63) is 60.2 Å². The predicted octanol–water partition coefficient (Wildman–Crippen LogP) is 3.54. The zero-order valence-corrected chi connectivity index (χ0v) is 15.2. The molecule has 4 nitrogen and oxygen atoms in total. The molecule has 1 saturated heterocycles. The Morgan fingerprint density at radius 3 is 2.38 bits per heavy atom. The fourth-order valence-electron chi connectivity index (χ4n) is 3.63. The minimum atomic E-state index is 0.0678. The van der Waals surface area contributed by atoms with Crippen LogP contribution in [-0.4, -0.2) is 47.7 Å². The van der Waals surface area contributed by atoms with E-state index in [4.69, 9.17) is 4.98 Å². The highest BCUT2D eigenvalue weighted by atomic mass is 16.3. The fourth-order valence-corrected chi connectivity index (χ4v) is 3.63. The summed E-state index contributed by atoms with van der Waals surface area (Å²) < 4.78 is 0. The first-order valence-corrected chi connectivity index (χ1v) is 9.35. The van der Waals surface area contributed by atoms with Crippen LogP contribution in [0.3, 0.4) is 0 Å². The van der Waals surface area contributed by atoms with E-state index in [1.165, 1.54) is 10.8 Å². The predicted molar refractivity (Wildman–Crippen MR) is 107 cm³/mol. The molecule has 4 heteroatoms. The van der Waals surface area contributed by atoms with Crippen LogP contribution in [0.15, 0.2) is 54.6 Å². The van der Waals surface area contributed by atoms with Gasteiger partial charge in [-0.1, -0.05) is 55.5 Å².